The average Bonchev–Trinajstić information content (AvgIpc) is 3.18. The summed E-state index contributed by atoms with van der Waals surface area (Å²) in [6, 6.07) is 8.61. The standard InChI is InChI=1S/C20H19ClN2O3S2/c1-12-8-16-17(27-12)11-18(28-16)20(26)23-7-3-2-6-22-19(25)10-13-9-14(21)4-5-15(13)24/h2-5,8-9,11,24H,6-7,10H2,1H3,(H,22,25)(H,23,26)/b3-2+. The molecule has 0 saturated heterocycles. The maximum absolute atomic E-state index is 12.2. The van der Waals surface area contributed by atoms with Gasteiger partial charge in [0.05, 0.1) is 11.3 Å². The van der Waals surface area contributed by atoms with E-state index >= 15 is 0 Å². The maximum Gasteiger partial charge on any atom is 0.261 e. The van der Waals surface area contributed by atoms with Gasteiger partial charge < -0.3 is 15.7 Å². The first-order valence-corrected chi connectivity index (χ1v) is 10.6. The summed E-state index contributed by atoms with van der Waals surface area (Å²) in [5.41, 5.74) is 0.479. The topological polar surface area (TPSA) is 78.4 Å². The molecule has 28 heavy (non-hydrogen) atoms. The summed E-state index contributed by atoms with van der Waals surface area (Å²) in [5, 5.41) is 15.8. The highest BCUT2D eigenvalue weighted by atomic mass is 35.5. The van der Waals surface area contributed by atoms with Gasteiger partial charge in [-0.1, -0.05) is 23.8 Å². The lowest BCUT2D eigenvalue weighted by atomic mass is 10.1. The van der Waals surface area contributed by atoms with Crippen LogP contribution in [0.2, 0.25) is 5.02 Å². The number of nitrogens with one attached hydrogen (secondary N) is 2. The molecule has 5 nitrogen and oxygen atoms in total. The van der Waals surface area contributed by atoms with Crippen molar-refractivity contribution in [1.82, 2.24) is 10.6 Å². The highest BCUT2D eigenvalue weighted by Gasteiger charge is 2.11. The second-order valence-corrected chi connectivity index (χ2v) is 8.94. The van der Waals surface area contributed by atoms with Crippen LogP contribution in [0, 0.1) is 6.92 Å². The third-order valence-corrected chi connectivity index (χ3v) is 6.35. The fraction of sp³-hybridized carbons (Fsp3) is 0.200. The number of hydrogen-bond donors (Lipinski definition) is 3. The first-order valence-electron chi connectivity index (χ1n) is 8.59. The summed E-state index contributed by atoms with van der Waals surface area (Å²) in [6.45, 7) is 2.77. The quantitative estimate of drug-likeness (QED) is 0.486. The molecule has 0 saturated carbocycles. The molecule has 3 aromatic rings. The molecule has 146 valence electrons. The Morgan fingerprint density at radius 1 is 1.07 bits per heavy atom. The number of carbonyl (C=O) groups excluding carboxylic acids is 2. The second kappa shape index (κ2) is 9.23. The smallest absolute Gasteiger partial charge is 0.261 e. The van der Waals surface area contributed by atoms with Crippen molar-refractivity contribution in [2.24, 2.45) is 0 Å². The van der Waals surface area contributed by atoms with E-state index in [1.165, 1.54) is 22.3 Å². The Kier molecular flexibility index (Phi) is 6.72. The van der Waals surface area contributed by atoms with E-state index in [0.717, 1.165) is 9.40 Å². The summed E-state index contributed by atoms with van der Waals surface area (Å²) in [6.07, 6.45) is 3.60. The van der Waals surface area contributed by atoms with Crippen molar-refractivity contribution in [2.75, 3.05) is 13.1 Å². The fourth-order valence-electron chi connectivity index (χ4n) is 2.58. The van der Waals surface area contributed by atoms with Crippen LogP contribution >= 0.6 is 34.3 Å². The Bertz CT molecular complexity index is 1010. The molecule has 0 bridgehead atoms. The van der Waals surface area contributed by atoms with E-state index in [4.69, 9.17) is 11.6 Å². The first kappa shape index (κ1) is 20.4. The summed E-state index contributed by atoms with van der Waals surface area (Å²) in [5.74, 6) is -0.280. The largest absolute Gasteiger partial charge is 0.508 e. The van der Waals surface area contributed by atoms with Crippen LogP contribution in [0.1, 0.15) is 20.1 Å². The maximum atomic E-state index is 12.2. The number of aromatic hydroxyl groups is 1. The first-order chi connectivity index (χ1) is 13.4. The zero-order valence-corrected chi connectivity index (χ0v) is 17.5. The number of benzene rings is 1. The predicted octanol–water partition coefficient (Wildman–Crippen LogP) is 4.28. The number of halogens is 1. The van der Waals surface area contributed by atoms with Crippen molar-refractivity contribution in [3.05, 3.63) is 62.8 Å². The SMILES string of the molecule is Cc1cc2sc(C(=O)NC/C=C/CNC(=O)Cc3cc(Cl)ccc3O)cc2s1. The number of phenols is 1. The number of thiophene rings is 2. The zero-order valence-electron chi connectivity index (χ0n) is 15.1. The highest BCUT2D eigenvalue weighted by molar-refractivity contribution is 7.28. The van der Waals surface area contributed by atoms with E-state index in [2.05, 4.69) is 23.6 Å². The van der Waals surface area contributed by atoms with Gasteiger partial charge in [0.1, 0.15) is 5.75 Å². The summed E-state index contributed by atoms with van der Waals surface area (Å²) >= 11 is 9.04. The van der Waals surface area contributed by atoms with Crippen LogP contribution in [0.3, 0.4) is 0 Å². The minimum atomic E-state index is -0.222. The second-order valence-electron chi connectivity index (χ2n) is 6.13. The molecule has 1 aromatic carbocycles. The van der Waals surface area contributed by atoms with Crippen molar-refractivity contribution < 1.29 is 14.7 Å². The average molecular weight is 435 g/mol. The van der Waals surface area contributed by atoms with Crippen LogP contribution in [0.5, 0.6) is 5.75 Å². The van der Waals surface area contributed by atoms with Crippen molar-refractivity contribution in [1.29, 1.82) is 0 Å². The van der Waals surface area contributed by atoms with Gasteiger partial charge in [0, 0.05) is 38.0 Å². The van der Waals surface area contributed by atoms with Gasteiger partial charge in [-0.15, -0.1) is 22.7 Å². The van der Waals surface area contributed by atoms with E-state index in [1.54, 1.807) is 35.6 Å². The normalized spacial score (nSPS) is 11.2. The molecule has 0 unspecified atom stereocenters. The summed E-state index contributed by atoms with van der Waals surface area (Å²) in [4.78, 5) is 26.0. The molecular weight excluding hydrogens is 416 g/mol. The van der Waals surface area contributed by atoms with Crippen LogP contribution in [0.25, 0.3) is 9.40 Å². The van der Waals surface area contributed by atoms with Gasteiger partial charge in [0.25, 0.3) is 5.91 Å². The third-order valence-electron chi connectivity index (χ3n) is 3.91. The van der Waals surface area contributed by atoms with Crippen molar-refractivity contribution in [3.8, 4) is 5.75 Å². The van der Waals surface area contributed by atoms with Gasteiger partial charge in [0.15, 0.2) is 0 Å². The molecule has 8 heteroatoms. The number of rotatable bonds is 7. The zero-order chi connectivity index (χ0) is 20.1. The Morgan fingerprint density at radius 3 is 2.54 bits per heavy atom. The predicted molar refractivity (Wildman–Crippen MR) is 116 cm³/mol. The van der Waals surface area contributed by atoms with Crippen molar-refractivity contribution in [2.45, 2.75) is 13.3 Å². The van der Waals surface area contributed by atoms with E-state index in [9.17, 15) is 14.7 Å². The lowest BCUT2D eigenvalue weighted by Gasteiger charge is -2.05. The van der Waals surface area contributed by atoms with Gasteiger partial charge in [-0.2, -0.15) is 0 Å². The monoisotopic (exact) mass is 434 g/mol. The minimum Gasteiger partial charge on any atom is -0.508 e. The van der Waals surface area contributed by atoms with Crippen LogP contribution < -0.4 is 10.6 Å². The molecule has 2 amide bonds. The molecule has 2 aromatic heterocycles. The molecule has 0 radical (unpaired) electrons. The third kappa shape index (κ3) is 5.34. The molecule has 2 heterocycles. The lowest BCUT2D eigenvalue weighted by Crippen LogP contribution is -2.26. The number of amides is 2. The molecule has 0 fully saturated rings. The van der Waals surface area contributed by atoms with Crippen LogP contribution in [0.15, 0.2) is 42.5 Å². The van der Waals surface area contributed by atoms with E-state index in [0.29, 0.717) is 28.6 Å². The molecule has 0 atom stereocenters. The Morgan fingerprint density at radius 2 is 1.79 bits per heavy atom. The lowest BCUT2D eigenvalue weighted by molar-refractivity contribution is -0.120. The number of aryl methyl sites for hydroxylation is 1. The summed E-state index contributed by atoms with van der Waals surface area (Å²) < 4.78 is 2.27. The van der Waals surface area contributed by atoms with E-state index in [-0.39, 0.29) is 24.0 Å². The van der Waals surface area contributed by atoms with Gasteiger partial charge >= 0.3 is 0 Å². The van der Waals surface area contributed by atoms with Gasteiger partial charge in [0.2, 0.25) is 5.91 Å². The van der Waals surface area contributed by atoms with Crippen LogP contribution in [-0.4, -0.2) is 30.0 Å². The number of phenolic OH excluding ortho intramolecular Hbond substituents is 1. The molecule has 0 spiro atoms. The summed E-state index contributed by atoms with van der Waals surface area (Å²) in [7, 11) is 0. The number of hydrogen-bond acceptors (Lipinski definition) is 5. The molecule has 0 aliphatic carbocycles. The van der Waals surface area contributed by atoms with Gasteiger partial charge in [-0.3, -0.25) is 9.59 Å². The van der Waals surface area contributed by atoms with Gasteiger partial charge in [-0.25, -0.2) is 0 Å². The molecule has 3 rings (SSSR count). The fourth-order valence-corrected chi connectivity index (χ4v) is 5.01. The number of carbonyl (C=O) groups is 2. The number of fused-ring (bicyclic) bond motifs is 1. The van der Waals surface area contributed by atoms with E-state index < -0.39 is 0 Å². The molecule has 3 N–H and O–H groups in total. The Labute approximate surface area is 175 Å². The minimum absolute atomic E-state index is 0.0430. The van der Waals surface area contributed by atoms with E-state index in [1.807, 2.05) is 6.07 Å². The van der Waals surface area contributed by atoms with Crippen molar-refractivity contribution in [3.63, 3.8) is 0 Å². The van der Waals surface area contributed by atoms with Gasteiger partial charge in [-0.05, 0) is 37.3 Å². The Balaban J connectivity index is 1.39. The van der Waals surface area contributed by atoms with Crippen molar-refractivity contribution >= 4 is 55.5 Å². The molecule has 0 aliphatic rings. The molecular formula is C20H19ClN2O3S2. The molecule has 0 aliphatic heterocycles. The highest BCUT2D eigenvalue weighted by Crippen LogP contribution is 2.32. The Hall–Kier alpha value is -2.35. The van der Waals surface area contributed by atoms with Crippen LogP contribution in [-0.2, 0) is 11.2 Å². The van der Waals surface area contributed by atoms with Crippen LogP contribution in [0.4, 0.5) is 0 Å².